The summed E-state index contributed by atoms with van der Waals surface area (Å²) in [7, 11) is 4.89. The van der Waals surface area contributed by atoms with Gasteiger partial charge in [-0.05, 0) is 60.2 Å². The van der Waals surface area contributed by atoms with Crippen LogP contribution >= 0.6 is 24.8 Å². The summed E-state index contributed by atoms with van der Waals surface area (Å²) in [6, 6.07) is 11.8. The van der Waals surface area contributed by atoms with Crippen molar-refractivity contribution in [3.8, 4) is 23.1 Å². The van der Waals surface area contributed by atoms with E-state index < -0.39 is 0 Å². The van der Waals surface area contributed by atoms with Crippen LogP contribution in [0.3, 0.4) is 0 Å². The molecular weight excluding hydrogens is 513 g/mol. The number of aryl methyl sites for hydroxylation is 1. The van der Waals surface area contributed by atoms with E-state index in [4.69, 9.17) is 19.2 Å². The molecule has 0 saturated carbocycles. The van der Waals surface area contributed by atoms with Gasteiger partial charge in [0.2, 0.25) is 5.88 Å². The van der Waals surface area contributed by atoms with Crippen LogP contribution in [0.1, 0.15) is 43.5 Å². The topological polar surface area (TPSA) is 85.7 Å². The minimum absolute atomic E-state index is 0. The Morgan fingerprint density at radius 3 is 2.16 bits per heavy atom. The summed E-state index contributed by atoms with van der Waals surface area (Å²) in [4.78, 5) is 9.49. The molecule has 7 nitrogen and oxygen atoms in total. The van der Waals surface area contributed by atoms with E-state index in [1.54, 1.807) is 21.3 Å². The van der Waals surface area contributed by atoms with E-state index in [1.165, 1.54) is 0 Å². The van der Waals surface area contributed by atoms with E-state index in [1.807, 2.05) is 30.3 Å². The normalized spacial score (nSPS) is 10.5. The predicted octanol–water partition coefficient (Wildman–Crippen LogP) is 6.72. The Morgan fingerprint density at radius 2 is 1.54 bits per heavy atom. The van der Waals surface area contributed by atoms with E-state index in [9.17, 15) is 5.11 Å². The summed E-state index contributed by atoms with van der Waals surface area (Å²) in [5, 5.41) is 17.4. The molecule has 0 bridgehead atoms. The van der Waals surface area contributed by atoms with Gasteiger partial charge in [-0.15, -0.1) is 24.8 Å². The Bertz CT molecular complexity index is 1370. The van der Waals surface area contributed by atoms with Crippen molar-refractivity contribution >= 4 is 52.3 Å². The summed E-state index contributed by atoms with van der Waals surface area (Å²) in [6.07, 6.45) is 3.08. The Kier molecular flexibility index (Phi) is 10.9. The molecule has 4 aromatic rings. The van der Waals surface area contributed by atoms with E-state index in [0.717, 1.165) is 75.9 Å². The first-order valence-electron chi connectivity index (χ1n) is 12.0. The number of benzene rings is 2. The average molecular weight is 549 g/mol. The van der Waals surface area contributed by atoms with Gasteiger partial charge in [-0.1, -0.05) is 20.3 Å². The fourth-order valence-electron chi connectivity index (χ4n) is 4.39. The standard InChI is InChI=1S/C28H33N3O4.2ClH/c1-6-8-24-21-16-26(35-5)25(34-4)15-20(21)22(28(32)31-24)14-18-12-17-13-19(33-3)9-10-23(17)30-27(18)29-11-7-2;;/h9-10,12-13,15-16H,6-8,11,14H2,1-5H3,(H,29,30)(H,31,32);2*1H. The van der Waals surface area contributed by atoms with Gasteiger partial charge < -0.3 is 24.6 Å². The number of aromatic nitrogens is 2. The van der Waals surface area contributed by atoms with Crippen LogP contribution in [-0.4, -0.2) is 42.9 Å². The van der Waals surface area contributed by atoms with Gasteiger partial charge in [0.1, 0.15) is 11.6 Å². The third-order valence-corrected chi connectivity index (χ3v) is 6.17. The summed E-state index contributed by atoms with van der Waals surface area (Å²) in [5.74, 6) is 2.85. The monoisotopic (exact) mass is 547 g/mol. The van der Waals surface area contributed by atoms with E-state index in [2.05, 4.69) is 30.2 Å². The van der Waals surface area contributed by atoms with E-state index >= 15 is 0 Å². The van der Waals surface area contributed by atoms with Crippen molar-refractivity contribution in [1.82, 2.24) is 9.97 Å². The Morgan fingerprint density at radius 1 is 0.838 bits per heavy atom. The zero-order valence-electron chi connectivity index (χ0n) is 21.9. The summed E-state index contributed by atoms with van der Waals surface area (Å²) in [6.45, 7) is 5.01. The molecule has 0 amide bonds. The van der Waals surface area contributed by atoms with Crippen molar-refractivity contribution in [3.63, 3.8) is 0 Å². The molecule has 0 saturated heterocycles. The molecule has 0 aliphatic carbocycles. The molecule has 37 heavy (non-hydrogen) atoms. The highest BCUT2D eigenvalue weighted by atomic mass is 35.5. The van der Waals surface area contributed by atoms with Gasteiger partial charge in [0, 0.05) is 29.3 Å². The fraction of sp³-hybridized carbons (Fsp3) is 0.357. The number of methoxy groups -OCH3 is 3. The van der Waals surface area contributed by atoms with Crippen LogP contribution < -0.4 is 19.5 Å². The number of anilines is 1. The van der Waals surface area contributed by atoms with Crippen LogP contribution in [0.15, 0.2) is 36.4 Å². The van der Waals surface area contributed by atoms with Gasteiger partial charge in [-0.25, -0.2) is 9.97 Å². The number of fused-ring (bicyclic) bond motifs is 2. The summed E-state index contributed by atoms with van der Waals surface area (Å²) >= 11 is 0. The summed E-state index contributed by atoms with van der Waals surface area (Å²) < 4.78 is 16.6. The molecule has 2 N–H and O–H groups in total. The van der Waals surface area contributed by atoms with Gasteiger partial charge in [0.05, 0.1) is 32.5 Å². The zero-order chi connectivity index (χ0) is 24.9. The zero-order valence-corrected chi connectivity index (χ0v) is 23.5. The third-order valence-electron chi connectivity index (χ3n) is 6.17. The molecule has 2 aromatic heterocycles. The molecule has 0 atom stereocenters. The Hall–Kier alpha value is -3.16. The number of rotatable bonds is 10. The van der Waals surface area contributed by atoms with Crippen molar-refractivity contribution in [2.45, 2.75) is 39.5 Å². The maximum absolute atomic E-state index is 11.1. The molecule has 0 radical (unpaired) electrons. The molecule has 2 aromatic carbocycles. The van der Waals surface area contributed by atoms with E-state index in [-0.39, 0.29) is 30.7 Å². The van der Waals surface area contributed by atoms with Crippen LogP contribution in [-0.2, 0) is 12.8 Å². The average Bonchev–Trinajstić information content (AvgIpc) is 2.88. The number of aromatic hydroxyl groups is 1. The lowest BCUT2D eigenvalue weighted by Gasteiger charge is -2.17. The fourth-order valence-corrected chi connectivity index (χ4v) is 4.39. The number of hydrogen-bond donors (Lipinski definition) is 2. The first-order valence-corrected chi connectivity index (χ1v) is 12.0. The maximum Gasteiger partial charge on any atom is 0.215 e. The minimum Gasteiger partial charge on any atom is -0.497 e. The molecule has 9 heteroatoms. The Balaban J connectivity index is 0.00000241. The third kappa shape index (κ3) is 6.22. The van der Waals surface area contributed by atoms with Crippen LogP contribution in [0, 0.1) is 0 Å². The molecule has 0 aliphatic rings. The summed E-state index contributed by atoms with van der Waals surface area (Å²) in [5.41, 5.74) is 3.42. The maximum atomic E-state index is 11.1. The molecule has 0 aliphatic heterocycles. The van der Waals surface area contributed by atoms with Crippen molar-refractivity contribution < 1.29 is 19.3 Å². The lowest BCUT2D eigenvalue weighted by molar-refractivity contribution is 0.355. The first kappa shape index (κ1) is 30.1. The van der Waals surface area contributed by atoms with Crippen LogP contribution in [0.2, 0.25) is 0 Å². The number of hydrogen-bond acceptors (Lipinski definition) is 7. The van der Waals surface area contributed by atoms with Crippen LogP contribution in [0.4, 0.5) is 5.82 Å². The van der Waals surface area contributed by atoms with Gasteiger partial charge in [0.15, 0.2) is 11.5 Å². The molecular formula is C28H35Cl2N3O4. The number of ether oxygens (including phenoxy) is 3. The van der Waals surface area contributed by atoms with Crippen molar-refractivity contribution in [1.29, 1.82) is 0 Å². The lowest BCUT2D eigenvalue weighted by atomic mass is 9.96. The van der Waals surface area contributed by atoms with E-state index in [0.29, 0.717) is 17.9 Å². The highest BCUT2D eigenvalue weighted by Gasteiger charge is 2.19. The predicted molar refractivity (Wildman–Crippen MR) is 155 cm³/mol. The highest BCUT2D eigenvalue weighted by molar-refractivity contribution is 5.93. The molecule has 200 valence electrons. The molecule has 0 fully saturated rings. The number of halogens is 2. The second kappa shape index (κ2) is 13.4. The molecule has 0 spiro atoms. The van der Waals surface area contributed by atoms with Gasteiger partial charge >= 0.3 is 0 Å². The smallest absolute Gasteiger partial charge is 0.215 e. The largest absolute Gasteiger partial charge is 0.497 e. The number of pyridine rings is 2. The minimum atomic E-state index is 0. The van der Waals surface area contributed by atoms with Gasteiger partial charge in [0.25, 0.3) is 0 Å². The van der Waals surface area contributed by atoms with Crippen molar-refractivity contribution in [2.24, 2.45) is 0 Å². The van der Waals surface area contributed by atoms with Crippen molar-refractivity contribution in [2.75, 3.05) is 33.2 Å². The second-order valence-corrected chi connectivity index (χ2v) is 8.52. The van der Waals surface area contributed by atoms with Gasteiger partial charge in [-0.2, -0.15) is 0 Å². The molecule has 0 unspecified atom stereocenters. The quantitative estimate of drug-likeness (QED) is 0.228. The molecule has 4 rings (SSSR count). The number of nitrogens with one attached hydrogen (secondary N) is 1. The van der Waals surface area contributed by atoms with Crippen molar-refractivity contribution in [3.05, 3.63) is 53.2 Å². The Labute approximate surface area is 230 Å². The van der Waals surface area contributed by atoms with Gasteiger partial charge in [-0.3, -0.25) is 0 Å². The van der Waals surface area contributed by atoms with Crippen LogP contribution in [0.25, 0.3) is 21.7 Å². The highest BCUT2D eigenvalue weighted by Crippen LogP contribution is 2.39. The second-order valence-electron chi connectivity index (χ2n) is 8.52. The van der Waals surface area contributed by atoms with Crippen LogP contribution in [0.5, 0.6) is 23.1 Å². The SMILES string of the molecule is CCCNc1nc2ccc(OC)cc2cc1Cc1c(O)nc(CCC)c2cc(OC)c(OC)cc12.Cl.Cl. The number of nitrogens with zero attached hydrogens (tertiary/aromatic N) is 2. The molecule has 2 heterocycles. The first-order chi connectivity index (χ1) is 17.0. The lowest BCUT2D eigenvalue weighted by Crippen LogP contribution is -2.07.